The van der Waals surface area contributed by atoms with Gasteiger partial charge in [0.15, 0.2) is 0 Å². The number of aliphatic hydroxyl groups is 1. The molecule has 2 aromatic carbocycles. The third-order valence-electron chi connectivity index (χ3n) is 8.58. The van der Waals surface area contributed by atoms with Gasteiger partial charge in [-0.15, -0.1) is 0 Å². The number of β-amino-alcohol motifs (C(OH)–C–C–N with tert-alkyl or cyclic N) is 1. The second-order valence-electron chi connectivity index (χ2n) is 10.7. The van der Waals surface area contributed by atoms with E-state index in [0.717, 1.165) is 38.0 Å². The van der Waals surface area contributed by atoms with Crippen LogP contribution in [0.1, 0.15) is 51.6 Å². The number of fused-ring (bicyclic) bond motifs is 4. The van der Waals surface area contributed by atoms with E-state index in [2.05, 4.69) is 29.3 Å². The van der Waals surface area contributed by atoms with E-state index in [4.69, 9.17) is 4.74 Å². The zero-order valence-corrected chi connectivity index (χ0v) is 21.4. The average Bonchev–Trinajstić information content (AvgIpc) is 3.10. The van der Waals surface area contributed by atoms with Crippen LogP contribution in [0.4, 0.5) is 5.69 Å². The van der Waals surface area contributed by atoms with E-state index in [1.54, 1.807) is 17.0 Å². The maximum absolute atomic E-state index is 13.7. The van der Waals surface area contributed by atoms with Crippen molar-refractivity contribution in [2.24, 2.45) is 0 Å². The van der Waals surface area contributed by atoms with Gasteiger partial charge in [-0.1, -0.05) is 24.3 Å². The van der Waals surface area contributed by atoms with E-state index in [1.165, 1.54) is 11.1 Å². The van der Waals surface area contributed by atoms with Gasteiger partial charge in [-0.3, -0.25) is 9.59 Å². The smallest absolute Gasteiger partial charge is 0.256 e. The molecule has 6 rings (SSSR count). The number of ether oxygens (including phenoxy) is 1. The lowest BCUT2D eigenvalue weighted by molar-refractivity contribution is -0.00715. The molecule has 4 heterocycles. The molecule has 2 aromatic rings. The Morgan fingerprint density at radius 3 is 2.57 bits per heavy atom. The maximum atomic E-state index is 13.7. The normalized spacial score (nSPS) is 25.9. The molecule has 8 heteroatoms. The largest absolute Gasteiger partial charge is 0.390 e. The van der Waals surface area contributed by atoms with Crippen LogP contribution in [-0.2, 0) is 17.7 Å². The van der Waals surface area contributed by atoms with Crippen LogP contribution >= 0.6 is 0 Å². The van der Waals surface area contributed by atoms with Crippen molar-refractivity contribution >= 4 is 17.5 Å². The Balaban J connectivity index is 1.20. The monoisotopic (exact) mass is 504 g/mol. The van der Waals surface area contributed by atoms with Crippen LogP contribution in [0.15, 0.2) is 42.5 Å². The van der Waals surface area contributed by atoms with Crippen molar-refractivity contribution in [3.8, 4) is 0 Å². The fourth-order valence-electron chi connectivity index (χ4n) is 6.46. The minimum Gasteiger partial charge on any atom is -0.390 e. The average molecular weight is 505 g/mol. The molecule has 0 radical (unpaired) electrons. The Bertz CT molecular complexity index is 1170. The van der Waals surface area contributed by atoms with Crippen LogP contribution in [0.2, 0.25) is 0 Å². The Hall–Kier alpha value is -2.94. The third-order valence-corrected chi connectivity index (χ3v) is 8.58. The van der Waals surface area contributed by atoms with Crippen LogP contribution < -0.4 is 10.2 Å². The van der Waals surface area contributed by atoms with Crippen LogP contribution in [0.3, 0.4) is 0 Å². The summed E-state index contributed by atoms with van der Waals surface area (Å²) in [6.45, 7) is 6.18. The highest BCUT2D eigenvalue weighted by Gasteiger charge is 2.41. The fraction of sp³-hybridized carbons (Fsp3) is 0.517. The fourth-order valence-corrected chi connectivity index (χ4v) is 6.46. The van der Waals surface area contributed by atoms with E-state index in [1.807, 2.05) is 23.1 Å². The van der Waals surface area contributed by atoms with Crippen molar-refractivity contribution in [1.82, 2.24) is 15.1 Å². The number of benzene rings is 2. The van der Waals surface area contributed by atoms with Gasteiger partial charge in [0.25, 0.3) is 11.8 Å². The molecule has 2 bridgehead atoms. The molecule has 0 saturated carbocycles. The minimum atomic E-state index is -0.674. The number of aliphatic hydroxyl groups excluding tert-OH is 1. The highest BCUT2D eigenvalue weighted by Crippen LogP contribution is 2.33. The molecular formula is C29H36N4O4. The van der Waals surface area contributed by atoms with Crippen molar-refractivity contribution < 1.29 is 19.4 Å². The van der Waals surface area contributed by atoms with E-state index in [0.29, 0.717) is 37.4 Å². The molecule has 4 atom stereocenters. The van der Waals surface area contributed by atoms with Gasteiger partial charge in [-0.05, 0) is 55.5 Å². The molecule has 0 aromatic heterocycles. The van der Waals surface area contributed by atoms with E-state index in [-0.39, 0.29) is 36.5 Å². The van der Waals surface area contributed by atoms with Gasteiger partial charge >= 0.3 is 0 Å². The lowest BCUT2D eigenvalue weighted by Gasteiger charge is -2.35. The van der Waals surface area contributed by atoms with Crippen molar-refractivity contribution in [1.29, 1.82) is 0 Å². The number of nitrogens with zero attached hydrogens (tertiary/aromatic N) is 3. The molecule has 2 amide bonds. The number of amides is 2. The molecule has 2 saturated heterocycles. The van der Waals surface area contributed by atoms with Gasteiger partial charge < -0.3 is 29.9 Å². The highest BCUT2D eigenvalue weighted by atomic mass is 16.5. The molecule has 4 aliphatic rings. The summed E-state index contributed by atoms with van der Waals surface area (Å²) in [7, 11) is 0. The minimum absolute atomic E-state index is 0.0299. The van der Waals surface area contributed by atoms with Gasteiger partial charge in [-0.2, -0.15) is 0 Å². The van der Waals surface area contributed by atoms with Gasteiger partial charge in [0.2, 0.25) is 0 Å². The lowest BCUT2D eigenvalue weighted by Crippen LogP contribution is -2.50. The van der Waals surface area contributed by atoms with Crippen LogP contribution in [0.25, 0.3) is 0 Å². The quantitative estimate of drug-likeness (QED) is 0.649. The topological polar surface area (TPSA) is 85.3 Å². The predicted molar refractivity (Wildman–Crippen MR) is 141 cm³/mol. The van der Waals surface area contributed by atoms with Gasteiger partial charge in [-0.25, -0.2) is 0 Å². The summed E-state index contributed by atoms with van der Waals surface area (Å²) >= 11 is 0. The number of anilines is 1. The summed E-state index contributed by atoms with van der Waals surface area (Å²) in [4.78, 5) is 33.1. The first-order chi connectivity index (χ1) is 18.0. The molecular weight excluding hydrogens is 468 g/mol. The summed E-state index contributed by atoms with van der Waals surface area (Å²) in [6, 6.07) is 14.0. The molecule has 196 valence electrons. The second kappa shape index (κ2) is 10.1. The van der Waals surface area contributed by atoms with Crippen molar-refractivity contribution in [3.63, 3.8) is 0 Å². The van der Waals surface area contributed by atoms with E-state index in [9.17, 15) is 14.7 Å². The van der Waals surface area contributed by atoms with Gasteiger partial charge in [0, 0.05) is 44.3 Å². The van der Waals surface area contributed by atoms with Gasteiger partial charge in [0.1, 0.15) is 0 Å². The first kappa shape index (κ1) is 24.4. The Morgan fingerprint density at radius 2 is 1.81 bits per heavy atom. The number of carbonyl (C=O) groups excluding carboxylic acids is 2. The SMILES string of the molecule is CCN1CCN(CC(O)C2Cc3ccccc3CN2)C(=O)c2ccc(C(=O)N3C4CCC3COC4)cc21. The molecule has 0 spiro atoms. The van der Waals surface area contributed by atoms with Crippen LogP contribution in [0, 0.1) is 0 Å². The molecule has 37 heavy (non-hydrogen) atoms. The molecule has 4 aliphatic heterocycles. The Morgan fingerprint density at radius 1 is 1.08 bits per heavy atom. The highest BCUT2D eigenvalue weighted by molar-refractivity contribution is 6.03. The predicted octanol–water partition coefficient (Wildman–Crippen LogP) is 2.05. The van der Waals surface area contributed by atoms with Crippen LogP contribution in [-0.4, -0.2) is 90.3 Å². The summed E-state index contributed by atoms with van der Waals surface area (Å²) in [5.74, 6) is -0.0612. The summed E-state index contributed by atoms with van der Waals surface area (Å²) < 4.78 is 5.66. The molecule has 4 unspecified atom stereocenters. The molecule has 2 N–H and O–H groups in total. The standard InChI is InChI=1S/C29H36N4O4/c1-2-31-11-12-32(16-27(34)25-13-19-5-3-4-6-21(19)15-30-25)29(36)24-10-7-20(14-26(24)31)28(35)33-22-8-9-23(33)18-37-17-22/h3-7,10,14,22-23,25,27,30,34H,2,8-9,11-13,15-18H2,1H3. The number of hydrogen-bond acceptors (Lipinski definition) is 6. The number of rotatable bonds is 5. The number of nitrogens with one attached hydrogen (secondary N) is 1. The number of carbonyl (C=O) groups is 2. The number of morpholine rings is 1. The zero-order valence-electron chi connectivity index (χ0n) is 21.4. The number of likely N-dealkylation sites (N-methyl/N-ethyl adjacent to an activating group) is 1. The van der Waals surface area contributed by atoms with Crippen molar-refractivity contribution in [2.45, 2.75) is 57.0 Å². The summed E-state index contributed by atoms with van der Waals surface area (Å²) in [5, 5.41) is 14.6. The van der Waals surface area contributed by atoms with Crippen molar-refractivity contribution in [3.05, 3.63) is 64.7 Å². The lowest BCUT2D eigenvalue weighted by atomic mass is 9.92. The zero-order chi connectivity index (χ0) is 25.5. The van der Waals surface area contributed by atoms with E-state index >= 15 is 0 Å². The maximum Gasteiger partial charge on any atom is 0.256 e. The Labute approximate surface area is 218 Å². The van der Waals surface area contributed by atoms with Gasteiger partial charge in [0.05, 0.1) is 42.7 Å². The second-order valence-corrected chi connectivity index (χ2v) is 10.7. The molecule has 2 fully saturated rings. The Kier molecular flexibility index (Phi) is 6.65. The molecule has 8 nitrogen and oxygen atoms in total. The first-order valence-electron chi connectivity index (χ1n) is 13.6. The first-order valence-corrected chi connectivity index (χ1v) is 13.6. The summed E-state index contributed by atoms with van der Waals surface area (Å²) in [5.41, 5.74) is 4.54. The van der Waals surface area contributed by atoms with E-state index < -0.39 is 6.10 Å². The summed E-state index contributed by atoms with van der Waals surface area (Å²) in [6.07, 6.45) is 2.04. The van der Waals surface area contributed by atoms with Crippen LogP contribution in [0.5, 0.6) is 0 Å². The van der Waals surface area contributed by atoms with Crippen molar-refractivity contribution in [2.75, 3.05) is 44.3 Å². The molecule has 0 aliphatic carbocycles. The third kappa shape index (κ3) is 4.51. The number of hydrogen-bond donors (Lipinski definition) is 2.